The number of allylic oxidation sites excluding steroid dienone is 8. The fourth-order valence-corrected chi connectivity index (χ4v) is 1.35. The van der Waals surface area contributed by atoms with Crippen LogP contribution in [0.4, 0.5) is 0 Å². The van der Waals surface area contributed by atoms with E-state index in [1.807, 2.05) is 6.07 Å². The van der Waals surface area contributed by atoms with Crippen LogP contribution in [0.25, 0.3) is 0 Å². The molecule has 0 radical (unpaired) electrons. The standard InChI is InChI=1S/C7H5NO.2C5H6/c8-5-6-3-1-2-4-7(6)9;2*1-2-4-5-3-1/h1-4,9H;2*1-4H,5H2. The molecule has 0 unspecified atom stereocenters. The molecule has 19 heavy (non-hydrogen) atoms. The first-order valence-electron chi connectivity index (χ1n) is 6.16. The molecular formula is C17H17NO. The first-order chi connectivity index (χ1) is 9.34. The van der Waals surface area contributed by atoms with Crippen molar-refractivity contribution in [2.75, 3.05) is 0 Å². The summed E-state index contributed by atoms with van der Waals surface area (Å²) >= 11 is 0. The van der Waals surface area contributed by atoms with E-state index in [4.69, 9.17) is 10.4 Å². The van der Waals surface area contributed by atoms with Gasteiger partial charge >= 0.3 is 0 Å². The zero-order chi connectivity index (χ0) is 13.8. The lowest BCUT2D eigenvalue weighted by molar-refractivity contribution is 0.473. The molecule has 0 bridgehead atoms. The van der Waals surface area contributed by atoms with Crippen molar-refractivity contribution < 1.29 is 5.11 Å². The summed E-state index contributed by atoms with van der Waals surface area (Å²) in [4.78, 5) is 0. The molecule has 0 heterocycles. The lowest BCUT2D eigenvalue weighted by atomic mass is 10.2. The largest absolute Gasteiger partial charge is 0.507 e. The molecule has 0 aromatic heterocycles. The monoisotopic (exact) mass is 251 g/mol. The Bertz CT molecular complexity index is 488. The Labute approximate surface area is 114 Å². The van der Waals surface area contributed by atoms with Crippen LogP contribution in [0, 0.1) is 11.3 Å². The van der Waals surface area contributed by atoms with Crippen LogP contribution in [0.5, 0.6) is 5.75 Å². The van der Waals surface area contributed by atoms with Crippen molar-refractivity contribution in [2.24, 2.45) is 0 Å². The number of benzene rings is 1. The highest BCUT2D eigenvalue weighted by Crippen LogP contribution is 2.12. The number of rotatable bonds is 0. The summed E-state index contributed by atoms with van der Waals surface area (Å²) in [6.45, 7) is 0. The van der Waals surface area contributed by atoms with E-state index in [2.05, 4.69) is 48.6 Å². The van der Waals surface area contributed by atoms with E-state index >= 15 is 0 Å². The smallest absolute Gasteiger partial charge is 0.133 e. The Morgan fingerprint density at radius 3 is 1.58 bits per heavy atom. The van der Waals surface area contributed by atoms with E-state index in [-0.39, 0.29) is 5.75 Å². The Morgan fingerprint density at radius 1 is 0.842 bits per heavy atom. The van der Waals surface area contributed by atoms with Gasteiger partial charge in [-0.2, -0.15) is 5.26 Å². The van der Waals surface area contributed by atoms with Crippen LogP contribution in [0.1, 0.15) is 18.4 Å². The maximum Gasteiger partial charge on any atom is 0.133 e. The highest BCUT2D eigenvalue weighted by Gasteiger charge is 1.93. The SMILES string of the molecule is C1=CCC=C1.C1=CCC=C1.N#Cc1ccccc1O. The summed E-state index contributed by atoms with van der Waals surface area (Å²) in [5, 5.41) is 17.2. The van der Waals surface area contributed by atoms with Gasteiger partial charge in [-0.05, 0) is 25.0 Å². The third kappa shape index (κ3) is 6.70. The van der Waals surface area contributed by atoms with E-state index in [1.54, 1.807) is 18.2 Å². The quantitative estimate of drug-likeness (QED) is 0.748. The molecular weight excluding hydrogens is 234 g/mol. The maximum absolute atomic E-state index is 8.89. The molecule has 1 aromatic carbocycles. The predicted molar refractivity (Wildman–Crippen MR) is 78.6 cm³/mol. The number of aromatic hydroxyl groups is 1. The molecule has 2 heteroatoms. The topological polar surface area (TPSA) is 44.0 Å². The van der Waals surface area contributed by atoms with Crippen LogP contribution in [-0.4, -0.2) is 5.11 Å². The van der Waals surface area contributed by atoms with Gasteiger partial charge in [0, 0.05) is 0 Å². The Balaban J connectivity index is 0.000000153. The van der Waals surface area contributed by atoms with E-state index < -0.39 is 0 Å². The molecule has 0 atom stereocenters. The van der Waals surface area contributed by atoms with Gasteiger partial charge in [0.25, 0.3) is 0 Å². The van der Waals surface area contributed by atoms with Gasteiger partial charge in [-0.25, -0.2) is 0 Å². The van der Waals surface area contributed by atoms with Crippen LogP contribution in [0.2, 0.25) is 0 Å². The van der Waals surface area contributed by atoms with Crippen molar-refractivity contribution in [3.05, 3.63) is 78.4 Å². The van der Waals surface area contributed by atoms with Gasteiger partial charge in [-0.3, -0.25) is 0 Å². The highest BCUT2D eigenvalue weighted by molar-refractivity contribution is 5.41. The van der Waals surface area contributed by atoms with E-state index in [9.17, 15) is 0 Å². The number of hydrogen-bond acceptors (Lipinski definition) is 2. The lowest BCUT2D eigenvalue weighted by Crippen LogP contribution is -1.71. The number of nitriles is 1. The van der Waals surface area contributed by atoms with Gasteiger partial charge in [0.15, 0.2) is 0 Å². The average molecular weight is 251 g/mol. The van der Waals surface area contributed by atoms with Crippen LogP contribution in [0.15, 0.2) is 72.9 Å². The second-order valence-corrected chi connectivity index (χ2v) is 3.81. The van der Waals surface area contributed by atoms with Crippen molar-refractivity contribution in [2.45, 2.75) is 12.8 Å². The minimum atomic E-state index is 0.0417. The third-order valence-corrected chi connectivity index (χ3v) is 2.34. The number of hydrogen-bond donors (Lipinski definition) is 1. The molecule has 0 amide bonds. The highest BCUT2D eigenvalue weighted by atomic mass is 16.3. The first kappa shape index (κ1) is 14.5. The van der Waals surface area contributed by atoms with Gasteiger partial charge in [0.2, 0.25) is 0 Å². The molecule has 3 rings (SSSR count). The zero-order valence-corrected chi connectivity index (χ0v) is 10.7. The van der Waals surface area contributed by atoms with Gasteiger partial charge in [0.1, 0.15) is 11.8 Å². The molecule has 96 valence electrons. The van der Waals surface area contributed by atoms with Crippen molar-refractivity contribution >= 4 is 0 Å². The van der Waals surface area contributed by atoms with Gasteiger partial charge < -0.3 is 5.11 Å². The summed E-state index contributed by atoms with van der Waals surface area (Å²) in [6.07, 6.45) is 19.0. The molecule has 0 aliphatic heterocycles. The van der Waals surface area contributed by atoms with Crippen molar-refractivity contribution in [1.82, 2.24) is 0 Å². The number of para-hydroxylation sites is 1. The van der Waals surface area contributed by atoms with Crippen molar-refractivity contribution in [1.29, 1.82) is 5.26 Å². The molecule has 1 aromatic rings. The zero-order valence-electron chi connectivity index (χ0n) is 10.7. The number of phenols is 1. The molecule has 0 fully saturated rings. The van der Waals surface area contributed by atoms with E-state index in [1.165, 1.54) is 6.07 Å². The summed E-state index contributed by atoms with van der Waals surface area (Å²) in [6, 6.07) is 8.28. The van der Waals surface area contributed by atoms with Crippen LogP contribution < -0.4 is 0 Å². The lowest BCUT2D eigenvalue weighted by Gasteiger charge is -1.89. The summed E-state index contributed by atoms with van der Waals surface area (Å²) in [7, 11) is 0. The van der Waals surface area contributed by atoms with Crippen LogP contribution in [0.3, 0.4) is 0 Å². The van der Waals surface area contributed by atoms with Crippen molar-refractivity contribution in [3.63, 3.8) is 0 Å². The summed E-state index contributed by atoms with van der Waals surface area (Å²) in [5.41, 5.74) is 0.317. The second-order valence-electron chi connectivity index (χ2n) is 3.81. The minimum absolute atomic E-state index is 0.0417. The molecule has 1 N–H and O–H groups in total. The third-order valence-electron chi connectivity index (χ3n) is 2.34. The summed E-state index contributed by atoms with van der Waals surface area (Å²) in [5.74, 6) is 0.0417. The number of phenolic OH excluding ortho intramolecular Hbond substituents is 1. The Hall–Kier alpha value is -2.53. The fraction of sp³-hybridized carbons (Fsp3) is 0.118. The normalized spacial score (nSPS) is 13.2. The van der Waals surface area contributed by atoms with E-state index in [0.717, 1.165) is 12.8 Å². The van der Waals surface area contributed by atoms with Gasteiger partial charge in [0.05, 0.1) is 5.56 Å². The fourth-order valence-electron chi connectivity index (χ4n) is 1.35. The second kappa shape index (κ2) is 9.49. The molecule has 2 nitrogen and oxygen atoms in total. The molecule has 2 aliphatic rings. The van der Waals surface area contributed by atoms with Crippen LogP contribution in [-0.2, 0) is 0 Å². The first-order valence-corrected chi connectivity index (χ1v) is 6.16. The maximum atomic E-state index is 8.89. The van der Waals surface area contributed by atoms with E-state index in [0.29, 0.717) is 5.56 Å². The molecule has 2 aliphatic carbocycles. The summed E-state index contributed by atoms with van der Waals surface area (Å²) < 4.78 is 0. The van der Waals surface area contributed by atoms with Crippen molar-refractivity contribution in [3.8, 4) is 11.8 Å². The van der Waals surface area contributed by atoms with Crippen LogP contribution >= 0.6 is 0 Å². The molecule has 0 saturated carbocycles. The Kier molecular flexibility index (Phi) is 7.26. The average Bonchev–Trinajstić information content (AvgIpc) is 3.17. The molecule has 0 saturated heterocycles. The predicted octanol–water partition coefficient (Wildman–Crippen LogP) is 4.27. The Morgan fingerprint density at radius 2 is 1.32 bits per heavy atom. The number of nitrogens with zero attached hydrogens (tertiary/aromatic N) is 1. The van der Waals surface area contributed by atoms with Gasteiger partial charge in [-0.1, -0.05) is 60.7 Å². The van der Waals surface area contributed by atoms with Gasteiger partial charge in [-0.15, -0.1) is 0 Å². The minimum Gasteiger partial charge on any atom is -0.507 e. The molecule has 0 spiro atoms.